The van der Waals surface area contributed by atoms with E-state index in [-0.39, 0.29) is 17.2 Å². The summed E-state index contributed by atoms with van der Waals surface area (Å²) in [7, 11) is 0. The maximum absolute atomic E-state index is 12.9. The molecule has 0 amide bonds. The Kier molecular flexibility index (Phi) is 4.20. The molecule has 3 rings (SSSR count). The van der Waals surface area contributed by atoms with Gasteiger partial charge in [0.1, 0.15) is 17.3 Å². The summed E-state index contributed by atoms with van der Waals surface area (Å²) in [6.45, 7) is 1.67. The lowest BCUT2D eigenvalue weighted by atomic mass is 10.0. The van der Waals surface area contributed by atoms with Crippen molar-refractivity contribution in [2.45, 2.75) is 6.92 Å². The lowest BCUT2D eigenvalue weighted by molar-refractivity contribution is 0.0724. The molecule has 0 atom stereocenters. The van der Waals surface area contributed by atoms with E-state index in [9.17, 15) is 14.0 Å². The molecule has 1 heterocycles. The van der Waals surface area contributed by atoms with Crippen LogP contribution < -0.4 is 4.74 Å². The standard InChI is InChI=1S/C18H12FNO4/c1-11-10-16(20-24-11)18(22)23-15-8-4-13(5-9-15)17(21)12-2-6-14(19)7-3-12/h2-10H,1H3. The highest BCUT2D eigenvalue weighted by Gasteiger charge is 2.14. The van der Waals surface area contributed by atoms with Crippen molar-refractivity contribution in [2.75, 3.05) is 0 Å². The number of aryl methyl sites for hydroxylation is 1. The molecule has 0 bridgehead atoms. The van der Waals surface area contributed by atoms with Crippen LogP contribution in [0.1, 0.15) is 32.2 Å². The van der Waals surface area contributed by atoms with Crippen LogP contribution in [-0.2, 0) is 0 Å². The smallest absolute Gasteiger partial charge is 0.365 e. The van der Waals surface area contributed by atoms with E-state index in [2.05, 4.69) is 5.16 Å². The first kappa shape index (κ1) is 15.6. The molecular formula is C18H12FNO4. The summed E-state index contributed by atoms with van der Waals surface area (Å²) in [6, 6.07) is 12.8. The lowest BCUT2D eigenvalue weighted by Gasteiger charge is -2.04. The Morgan fingerprint density at radius 2 is 1.58 bits per heavy atom. The summed E-state index contributed by atoms with van der Waals surface area (Å²) < 4.78 is 22.9. The van der Waals surface area contributed by atoms with Crippen LogP contribution in [0.3, 0.4) is 0 Å². The van der Waals surface area contributed by atoms with Gasteiger partial charge in [0.2, 0.25) is 0 Å². The number of halogens is 1. The van der Waals surface area contributed by atoms with Crippen LogP contribution in [0.25, 0.3) is 0 Å². The minimum absolute atomic E-state index is 0.0685. The predicted molar refractivity (Wildman–Crippen MR) is 82.5 cm³/mol. The third-order valence-electron chi connectivity index (χ3n) is 3.27. The van der Waals surface area contributed by atoms with Gasteiger partial charge in [0.15, 0.2) is 11.5 Å². The van der Waals surface area contributed by atoms with Crippen molar-refractivity contribution in [1.82, 2.24) is 5.16 Å². The predicted octanol–water partition coefficient (Wildman–Crippen LogP) is 3.57. The molecule has 0 fully saturated rings. The number of carbonyl (C=O) groups is 2. The molecule has 2 aromatic carbocycles. The monoisotopic (exact) mass is 325 g/mol. The van der Waals surface area contributed by atoms with Gasteiger partial charge >= 0.3 is 5.97 Å². The zero-order valence-electron chi connectivity index (χ0n) is 12.7. The Labute approximate surface area is 136 Å². The molecule has 1 aromatic heterocycles. The molecule has 120 valence electrons. The molecular weight excluding hydrogens is 313 g/mol. The summed E-state index contributed by atoms with van der Waals surface area (Å²) in [5, 5.41) is 3.57. The van der Waals surface area contributed by atoms with E-state index >= 15 is 0 Å². The minimum atomic E-state index is -0.649. The highest BCUT2D eigenvalue weighted by atomic mass is 19.1. The molecule has 0 N–H and O–H groups in total. The van der Waals surface area contributed by atoms with Gasteiger partial charge in [-0.3, -0.25) is 4.79 Å². The van der Waals surface area contributed by atoms with E-state index in [1.165, 1.54) is 54.6 Å². The summed E-state index contributed by atoms with van der Waals surface area (Å²) >= 11 is 0. The van der Waals surface area contributed by atoms with Crippen molar-refractivity contribution >= 4 is 11.8 Å². The number of carbonyl (C=O) groups excluding carboxylic acids is 2. The number of ether oxygens (including phenoxy) is 1. The van der Waals surface area contributed by atoms with Gasteiger partial charge in [-0.15, -0.1) is 0 Å². The lowest BCUT2D eigenvalue weighted by Crippen LogP contribution is -2.09. The number of hydrogen-bond donors (Lipinski definition) is 0. The summed E-state index contributed by atoms with van der Waals surface area (Å²) in [4.78, 5) is 24.1. The molecule has 3 aromatic rings. The third kappa shape index (κ3) is 3.38. The molecule has 0 unspecified atom stereocenters. The maximum Gasteiger partial charge on any atom is 0.365 e. The van der Waals surface area contributed by atoms with Crippen molar-refractivity contribution in [3.05, 3.63) is 83.0 Å². The topological polar surface area (TPSA) is 69.4 Å². The number of ketones is 1. The molecule has 6 heteroatoms. The van der Waals surface area contributed by atoms with Crippen LogP contribution in [0.4, 0.5) is 4.39 Å². The summed E-state index contributed by atoms with van der Waals surface area (Å²) in [6.07, 6.45) is 0. The average molecular weight is 325 g/mol. The molecule has 24 heavy (non-hydrogen) atoms. The van der Waals surface area contributed by atoms with Gasteiger partial charge in [-0.2, -0.15) is 0 Å². The second-order valence-corrected chi connectivity index (χ2v) is 5.07. The quantitative estimate of drug-likeness (QED) is 0.417. The van der Waals surface area contributed by atoms with Gasteiger partial charge < -0.3 is 9.26 Å². The Hall–Kier alpha value is -3.28. The van der Waals surface area contributed by atoms with Crippen molar-refractivity contribution in [1.29, 1.82) is 0 Å². The summed E-state index contributed by atoms with van der Waals surface area (Å²) in [5.41, 5.74) is 0.844. The van der Waals surface area contributed by atoms with E-state index in [1.54, 1.807) is 6.92 Å². The SMILES string of the molecule is Cc1cc(C(=O)Oc2ccc(C(=O)c3ccc(F)cc3)cc2)no1. The highest BCUT2D eigenvalue weighted by molar-refractivity contribution is 6.09. The first-order valence-electron chi connectivity index (χ1n) is 7.09. The van der Waals surface area contributed by atoms with E-state index in [4.69, 9.17) is 9.26 Å². The third-order valence-corrected chi connectivity index (χ3v) is 3.27. The van der Waals surface area contributed by atoms with Crippen LogP contribution in [0, 0.1) is 12.7 Å². The van der Waals surface area contributed by atoms with Crippen LogP contribution in [-0.4, -0.2) is 16.9 Å². The largest absolute Gasteiger partial charge is 0.422 e. The Balaban J connectivity index is 1.72. The molecule has 0 spiro atoms. The summed E-state index contributed by atoms with van der Waals surface area (Å²) in [5.74, 6) is -0.528. The normalized spacial score (nSPS) is 10.4. The van der Waals surface area contributed by atoms with E-state index < -0.39 is 11.8 Å². The Morgan fingerprint density at radius 1 is 1.00 bits per heavy atom. The zero-order valence-corrected chi connectivity index (χ0v) is 12.7. The molecule has 5 nitrogen and oxygen atoms in total. The fourth-order valence-electron chi connectivity index (χ4n) is 2.06. The zero-order chi connectivity index (χ0) is 17.1. The average Bonchev–Trinajstić information content (AvgIpc) is 3.02. The van der Waals surface area contributed by atoms with E-state index in [1.807, 2.05) is 0 Å². The van der Waals surface area contributed by atoms with Gasteiger partial charge in [-0.1, -0.05) is 5.16 Å². The van der Waals surface area contributed by atoms with Gasteiger partial charge in [-0.05, 0) is 55.5 Å². The van der Waals surface area contributed by atoms with E-state index in [0.29, 0.717) is 16.9 Å². The number of benzene rings is 2. The van der Waals surface area contributed by atoms with E-state index in [0.717, 1.165) is 0 Å². The van der Waals surface area contributed by atoms with Gasteiger partial charge in [-0.25, -0.2) is 9.18 Å². The van der Waals surface area contributed by atoms with Crippen molar-refractivity contribution in [3.8, 4) is 5.75 Å². The van der Waals surface area contributed by atoms with Crippen LogP contribution in [0.2, 0.25) is 0 Å². The second kappa shape index (κ2) is 6.45. The van der Waals surface area contributed by atoms with Crippen LogP contribution >= 0.6 is 0 Å². The molecule has 0 aliphatic carbocycles. The first-order chi connectivity index (χ1) is 11.5. The Morgan fingerprint density at radius 3 is 2.12 bits per heavy atom. The van der Waals surface area contributed by atoms with Crippen molar-refractivity contribution in [2.24, 2.45) is 0 Å². The number of esters is 1. The second-order valence-electron chi connectivity index (χ2n) is 5.07. The fourth-order valence-corrected chi connectivity index (χ4v) is 2.06. The van der Waals surface area contributed by atoms with Gasteiger partial charge in [0, 0.05) is 17.2 Å². The number of hydrogen-bond acceptors (Lipinski definition) is 5. The molecule has 0 saturated heterocycles. The minimum Gasteiger partial charge on any atom is -0.422 e. The fraction of sp³-hybridized carbons (Fsp3) is 0.0556. The number of nitrogens with zero attached hydrogens (tertiary/aromatic N) is 1. The molecule has 0 saturated carbocycles. The molecule has 0 aliphatic heterocycles. The Bertz CT molecular complexity index is 882. The number of aromatic nitrogens is 1. The van der Waals surface area contributed by atoms with Crippen molar-refractivity contribution in [3.63, 3.8) is 0 Å². The number of rotatable bonds is 4. The van der Waals surface area contributed by atoms with Gasteiger partial charge in [0.25, 0.3) is 0 Å². The van der Waals surface area contributed by atoms with Crippen molar-refractivity contribution < 1.29 is 23.2 Å². The first-order valence-corrected chi connectivity index (χ1v) is 7.09. The molecule has 0 aliphatic rings. The molecule has 0 radical (unpaired) electrons. The van der Waals surface area contributed by atoms with Crippen LogP contribution in [0.15, 0.2) is 59.1 Å². The van der Waals surface area contributed by atoms with Crippen LogP contribution in [0.5, 0.6) is 5.75 Å². The highest BCUT2D eigenvalue weighted by Crippen LogP contribution is 2.17. The maximum atomic E-state index is 12.9. The van der Waals surface area contributed by atoms with Gasteiger partial charge in [0.05, 0.1) is 0 Å².